The fraction of sp³-hybridized carbons (Fsp3) is 0.208. The minimum absolute atomic E-state index is 0.143. The number of nitrogens with zero attached hydrogens (tertiary/aromatic N) is 1. The number of hydrogen-bond donors (Lipinski definition) is 1. The number of nitrogens with one attached hydrogen (secondary N) is 1. The summed E-state index contributed by atoms with van der Waals surface area (Å²) in [6, 6.07) is 22.9. The van der Waals surface area contributed by atoms with Crippen molar-refractivity contribution < 1.29 is 17.9 Å². The molecule has 3 rings (SSSR count). The third-order valence-electron chi connectivity index (χ3n) is 4.90. The fourth-order valence-corrected chi connectivity index (χ4v) is 4.69. The second-order valence-electron chi connectivity index (χ2n) is 7.06. The number of para-hydroxylation sites is 1. The summed E-state index contributed by atoms with van der Waals surface area (Å²) < 4.78 is 32.9. The normalized spacial score (nSPS) is 11.0. The van der Waals surface area contributed by atoms with Crippen molar-refractivity contribution in [3.8, 4) is 5.75 Å². The third-order valence-corrected chi connectivity index (χ3v) is 6.67. The van der Waals surface area contributed by atoms with Crippen molar-refractivity contribution in [2.45, 2.75) is 18.2 Å². The number of rotatable bonds is 9. The quantitative estimate of drug-likeness (QED) is 0.554. The Hall–Kier alpha value is -3.32. The number of aryl methyl sites for hydroxylation is 1. The van der Waals surface area contributed by atoms with E-state index >= 15 is 0 Å². The molecule has 31 heavy (non-hydrogen) atoms. The minimum Gasteiger partial charge on any atom is -0.497 e. The lowest BCUT2D eigenvalue weighted by Gasteiger charge is -2.25. The van der Waals surface area contributed by atoms with Gasteiger partial charge in [0.15, 0.2) is 0 Å². The van der Waals surface area contributed by atoms with Gasteiger partial charge in [0.2, 0.25) is 5.91 Å². The molecule has 0 spiro atoms. The highest BCUT2D eigenvalue weighted by Crippen LogP contribution is 2.26. The summed E-state index contributed by atoms with van der Waals surface area (Å²) in [6.45, 7) is 1.92. The number of ether oxygens (including phenoxy) is 1. The van der Waals surface area contributed by atoms with Crippen LogP contribution in [-0.4, -0.2) is 34.5 Å². The zero-order valence-electron chi connectivity index (χ0n) is 17.6. The predicted molar refractivity (Wildman–Crippen MR) is 122 cm³/mol. The molecular weight excluding hydrogens is 412 g/mol. The van der Waals surface area contributed by atoms with Gasteiger partial charge in [-0.15, -0.1) is 0 Å². The van der Waals surface area contributed by atoms with E-state index in [0.717, 1.165) is 16.9 Å². The van der Waals surface area contributed by atoms with Crippen molar-refractivity contribution in [3.63, 3.8) is 0 Å². The molecule has 3 aromatic rings. The Kier molecular flexibility index (Phi) is 7.31. The summed E-state index contributed by atoms with van der Waals surface area (Å²) in [5.41, 5.74) is 2.30. The molecule has 0 atom stereocenters. The topological polar surface area (TPSA) is 75.7 Å². The Bertz CT molecular complexity index is 1110. The van der Waals surface area contributed by atoms with Gasteiger partial charge in [-0.1, -0.05) is 48.5 Å². The first-order valence-corrected chi connectivity index (χ1v) is 11.4. The van der Waals surface area contributed by atoms with E-state index in [1.165, 1.54) is 16.4 Å². The maximum absolute atomic E-state index is 13.3. The van der Waals surface area contributed by atoms with Gasteiger partial charge in [-0.3, -0.25) is 9.10 Å². The lowest BCUT2D eigenvalue weighted by atomic mass is 10.1. The molecule has 7 heteroatoms. The molecule has 0 saturated heterocycles. The molecule has 0 aliphatic rings. The fourth-order valence-electron chi connectivity index (χ4n) is 3.19. The number of carbonyl (C=O) groups excluding carboxylic acids is 1. The average Bonchev–Trinajstić information content (AvgIpc) is 2.79. The molecule has 1 amide bonds. The summed E-state index contributed by atoms with van der Waals surface area (Å²) in [5, 5.41) is 2.83. The first-order valence-electron chi connectivity index (χ1n) is 9.95. The van der Waals surface area contributed by atoms with Crippen LogP contribution in [0.25, 0.3) is 0 Å². The van der Waals surface area contributed by atoms with E-state index in [1.807, 2.05) is 43.3 Å². The Morgan fingerprint density at radius 2 is 1.58 bits per heavy atom. The van der Waals surface area contributed by atoms with Crippen LogP contribution in [0.5, 0.6) is 5.75 Å². The average molecular weight is 439 g/mol. The Balaban J connectivity index is 1.74. The molecule has 3 aromatic carbocycles. The lowest BCUT2D eigenvalue weighted by molar-refractivity contribution is -0.119. The van der Waals surface area contributed by atoms with Crippen LogP contribution in [0.4, 0.5) is 5.69 Å². The molecule has 0 aliphatic heterocycles. The van der Waals surface area contributed by atoms with Crippen LogP contribution in [0.2, 0.25) is 0 Å². The van der Waals surface area contributed by atoms with Crippen LogP contribution in [-0.2, 0) is 21.2 Å². The molecule has 0 saturated carbocycles. The summed E-state index contributed by atoms with van der Waals surface area (Å²) in [6.07, 6.45) is 0.630. The number of hydrogen-bond acceptors (Lipinski definition) is 4. The zero-order chi connectivity index (χ0) is 22.3. The van der Waals surface area contributed by atoms with Crippen LogP contribution in [0.1, 0.15) is 11.1 Å². The van der Waals surface area contributed by atoms with Crippen molar-refractivity contribution >= 4 is 21.6 Å². The molecule has 0 radical (unpaired) electrons. The van der Waals surface area contributed by atoms with Crippen LogP contribution in [0.15, 0.2) is 83.8 Å². The van der Waals surface area contributed by atoms with Crippen LogP contribution >= 0.6 is 0 Å². The number of methoxy groups -OCH3 is 1. The maximum Gasteiger partial charge on any atom is 0.264 e. The van der Waals surface area contributed by atoms with Gasteiger partial charge in [0.25, 0.3) is 10.0 Å². The van der Waals surface area contributed by atoms with Gasteiger partial charge in [0.1, 0.15) is 12.3 Å². The van der Waals surface area contributed by atoms with Crippen molar-refractivity contribution in [2.24, 2.45) is 0 Å². The van der Waals surface area contributed by atoms with Crippen molar-refractivity contribution in [2.75, 3.05) is 24.5 Å². The molecule has 0 aliphatic carbocycles. The molecule has 162 valence electrons. The predicted octanol–water partition coefficient (Wildman–Crippen LogP) is 3.56. The number of amides is 1. The number of benzene rings is 3. The smallest absolute Gasteiger partial charge is 0.264 e. The van der Waals surface area contributed by atoms with Crippen molar-refractivity contribution in [1.82, 2.24) is 5.32 Å². The van der Waals surface area contributed by atoms with Gasteiger partial charge in [0.05, 0.1) is 17.7 Å². The first kappa shape index (κ1) is 22.4. The van der Waals surface area contributed by atoms with Gasteiger partial charge < -0.3 is 10.1 Å². The molecule has 1 N–H and O–H groups in total. The van der Waals surface area contributed by atoms with Crippen LogP contribution in [0, 0.1) is 6.92 Å². The molecule has 0 heterocycles. The van der Waals surface area contributed by atoms with E-state index in [-0.39, 0.29) is 17.3 Å². The molecule has 6 nitrogen and oxygen atoms in total. The van der Waals surface area contributed by atoms with Crippen LogP contribution < -0.4 is 14.4 Å². The molecule has 0 aromatic heterocycles. The highest BCUT2D eigenvalue weighted by Gasteiger charge is 2.27. The Labute approximate surface area is 183 Å². The lowest BCUT2D eigenvalue weighted by Crippen LogP contribution is -2.41. The molecule has 0 fully saturated rings. The van der Waals surface area contributed by atoms with Gasteiger partial charge in [-0.05, 0) is 54.8 Å². The van der Waals surface area contributed by atoms with Crippen molar-refractivity contribution in [1.29, 1.82) is 0 Å². The van der Waals surface area contributed by atoms with E-state index in [0.29, 0.717) is 18.7 Å². The monoisotopic (exact) mass is 438 g/mol. The summed E-state index contributed by atoms with van der Waals surface area (Å²) in [4.78, 5) is 12.8. The minimum atomic E-state index is -3.90. The van der Waals surface area contributed by atoms with E-state index in [4.69, 9.17) is 4.74 Å². The van der Waals surface area contributed by atoms with Gasteiger partial charge in [-0.25, -0.2) is 8.42 Å². The Morgan fingerprint density at radius 1 is 0.935 bits per heavy atom. The number of sulfonamides is 1. The highest BCUT2D eigenvalue weighted by atomic mass is 32.2. The molecule has 0 bridgehead atoms. The maximum atomic E-state index is 13.3. The van der Waals surface area contributed by atoms with Crippen LogP contribution in [0.3, 0.4) is 0 Å². The van der Waals surface area contributed by atoms with Gasteiger partial charge in [0, 0.05) is 6.54 Å². The number of anilines is 1. The van der Waals surface area contributed by atoms with Gasteiger partial charge in [-0.2, -0.15) is 0 Å². The SMILES string of the molecule is COc1ccc(CCNC(=O)CN(c2ccccc2C)S(=O)(=O)c2ccccc2)cc1. The van der Waals surface area contributed by atoms with E-state index < -0.39 is 10.0 Å². The first-order chi connectivity index (χ1) is 14.9. The number of carbonyl (C=O) groups is 1. The Morgan fingerprint density at radius 3 is 2.23 bits per heavy atom. The van der Waals surface area contributed by atoms with Gasteiger partial charge >= 0.3 is 0 Å². The second-order valence-corrected chi connectivity index (χ2v) is 8.92. The summed E-state index contributed by atoms with van der Waals surface area (Å²) >= 11 is 0. The molecular formula is C24H26N2O4S. The van der Waals surface area contributed by atoms with E-state index in [1.54, 1.807) is 37.4 Å². The van der Waals surface area contributed by atoms with E-state index in [9.17, 15) is 13.2 Å². The second kappa shape index (κ2) is 10.1. The zero-order valence-corrected chi connectivity index (χ0v) is 18.4. The molecule has 0 unspecified atom stereocenters. The van der Waals surface area contributed by atoms with E-state index in [2.05, 4.69) is 5.32 Å². The highest BCUT2D eigenvalue weighted by molar-refractivity contribution is 7.92. The summed E-state index contributed by atoms with van der Waals surface area (Å²) in [5.74, 6) is 0.407. The van der Waals surface area contributed by atoms with Crippen molar-refractivity contribution in [3.05, 3.63) is 90.0 Å². The largest absolute Gasteiger partial charge is 0.497 e. The summed E-state index contributed by atoms with van der Waals surface area (Å²) in [7, 11) is -2.29. The standard InChI is InChI=1S/C24H26N2O4S/c1-19-8-6-7-11-23(19)26(31(28,29)22-9-4-3-5-10-22)18-24(27)25-17-16-20-12-14-21(30-2)15-13-20/h3-15H,16-18H2,1-2H3,(H,25,27). The third kappa shape index (κ3) is 5.64.